The molecule has 0 spiro atoms. The standard InChI is InChI=1S/C4H12O8P2/c1-11-3-2-4(13(5,6)7)12-14(8,9)10/h4H,2-3H2,1H3,(H2,5,6,7)(H2,8,9,10). The van der Waals surface area contributed by atoms with E-state index >= 15 is 0 Å². The smallest absolute Gasteiger partial charge is 0.385 e. The normalized spacial score (nSPS) is 15.5. The molecule has 0 fully saturated rings. The third-order valence-corrected chi connectivity index (χ3v) is 3.01. The topological polar surface area (TPSA) is 134 Å². The van der Waals surface area contributed by atoms with Crippen molar-refractivity contribution in [2.75, 3.05) is 13.7 Å². The molecular weight excluding hydrogens is 238 g/mol. The van der Waals surface area contributed by atoms with E-state index in [1.807, 2.05) is 0 Å². The number of methoxy groups -OCH3 is 1. The van der Waals surface area contributed by atoms with Gasteiger partial charge in [-0.3, -0.25) is 9.09 Å². The molecule has 0 aliphatic carbocycles. The molecule has 0 heterocycles. The highest BCUT2D eigenvalue weighted by Crippen LogP contribution is 2.51. The first kappa shape index (κ1) is 14.2. The van der Waals surface area contributed by atoms with Gasteiger partial charge in [0.1, 0.15) is 0 Å². The molecule has 0 radical (unpaired) electrons. The second-order valence-corrected chi connectivity index (χ2v) is 5.37. The molecule has 0 rings (SSSR count). The van der Waals surface area contributed by atoms with E-state index in [9.17, 15) is 9.13 Å². The van der Waals surface area contributed by atoms with Crippen LogP contribution in [-0.2, 0) is 18.4 Å². The Morgan fingerprint density at radius 1 is 1.21 bits per heavy atom. The maximum Gasteiger partial charge on any atom is 0.470 e. The highest BCUT2D eigenvalue weighted by Gasteiger charge is 2.35. The fourth-order valence-electron chi connectivity index (χ4n) is 0.659. The summed E-state index contributed by atoms with van der Waals surface area (Å²) in [5.74, 6) is -1.84. The van der Waals surface area contributed by atoms with Crippen molar-refractivity contribution in [1.82, 2.24) is 0 Å². The zero-order valence-corrected chi connectivity index (χ0v) is 9.10. The van der Waals surface area contributed by atoms with Gasteiger partial charge >= 0.3 is 15.4 Å². The first-order valence-electron chi connectivity index (χ1n) is 3.45. The molecule has 0 aliphatic rings. The second-order valence-electron chi connectivity index (χ2n) is 2.42. The molecule has 0 aromatic heterocycles. The Hall–Kier alpha value is 0.220. The summed E-state index contributed by atoms with van der Waals surface area (Å²) in [4.78, 5) is 34.0. The van der Waals surface area contributed by atoms with Crippen LogP contribution in [0.25, 0.3) is 0 Å². The zero-order chi connectivity index (χ0) is 11.4. The molecule has 1 unspecified atom stereocenters. The summed E-state index contributed by atoms with van der Waals surface area (Å²) in [5.41, 5.74) is 0. The maximum atomic E-state index is 10.7. The highest BCUT2D eigenvalue weighted by molar-refractivity contribution is 7.53. The monoisotopic (exact) mass is 250 g/mol. The van der Waals surface area contributed by atoms with E-state index in [2.05, 4.69) is 9.26 Å². The molecule has 0 aliphatic heterocycles. The SMILES string of the molecule is COCCC(OP(=O)(O)O)P(=O)(O)O. The van der Waals surface area contributed by atoms with Gasteiger partial charge in [0.05, 0.1) is 0 Å². The van der Waals surface area contributed by atoms with Gasteiger partial charge in [0, 0.05) is 20.1 Å². The van der Waals surface area contributed by atoms with Crippen LogP contribution in [0, 0.1) is 0 Å². The van der Waals surface area contributed by atoms with Crippen LogP contribution in [0.1, 0.15) is 6.42 Å². The quantitative estimate of drug-likeness (QED) is 0.469. The molecule has 0 aromatic rings. The number of phosphoric acid groups is 1. The van der Waals surface area contributed by atoms with Gasteiger partial charge in [0.2, 0.25) is 0 Å². The molecule has 10 heteroatoms. The van der Waals surface area contributed by atoms with E-state index in [1.54, 1.807) is 0 Å². The molecule has 0 bridgehead atoms. The van der Waals surface area contributed by atoms with Crippen molar-refractivity contribution in [3.05, 3.63) is 0 Å². The van der Waals surface area contributed by atoms with Crippen molar-refractivity contribution in [1.29, 1.82) is 0 Å². The van der Waals surface area contributed by atoms with Crippen molar-refractivity contribution in [2.24, 2.45) is 0 Å². The first-order valence-corrected chi connectivity index (χ1v) is 6.66. The summed E-state index contributed by atoms with van der Waals surface area (Å²) in [7, 11) is -8.32. The second kappa shape index (κ2) is 5.34. The van der Waals surface area contributed by atoms with E-state index in [1.165, 1.54) is 7.11 Å². The average molecular weight is 250 g/mol. The van der Waals surface area contributed by atoms with Gasteiger partial charge in [-0.25, -0.2) is 4.57 Å². The minimum absolute atomic E-state index is 0.0736. The zero-order valence-electron chi connectivity index (χ0n) is 7.31. The van der Waals surface area contributed by atoms with Gasteiger partial charge in [-0.15, -0.1) is 0 Å². The molecule has 4 N–H and O–H groups in total. The van der Waals surface area contributed by atoms with Crippen molar-refractivity contribution in [2.45, 2.75) is 12.3 Å². The Morgan fingerprint density at radius 2 is 1.71 bits per heavy atom. The van der Waals surface area contributed by atoms with Gasteiger partial charge in [-0.2, -0.15) is 0 Å². The van der Waals surface area contributed by atoms with Gasteiger partial charge in [-0.1, -0.05) is 0 Å². The number of hydrogen-bond acceptors (Lipinski definition) is 4. The minimum Gasteiger partial charge on any atom is -0.385 e. The van der Waals surface area contributed by atoms with Crippen LogP contribution >= 0.6 is 15.4 Å². The molecule has 14 heavy (non-hydrogen) atoms. The molecule has 1 atom stereocenters. The largest absolute Gasteiger partial charge is 0.470 e. The van der Waals surface area contributed by atoms with Gasteiger partial charge in [-0.05, 0) is 0 Å². The first-order chi connectivity index (χ1) is 6.17. The highest BCUT2D eigenvalue weighted by atomic mass is 31.2. The number of ether oxygens (including phenoxy) is 1. The van der Waals surface area contributed by atoms with Crippen LogP contribution < -0.4 is 0 Å². The Labute approximate surface area is 80.3 Å². The lowest BCUT2D eigenvalue weighted by molar-refractivity contribution is 0.116. The molecule has 0 saturated carbocycles. The van der Waals surface area contributed by atoms with E-state index in [0.717, 1.165) is 0 Å². The van der Waals surface area contributed by atoms with Gasteiger partial charge in [0.15, 0.2) is 5.85 Å². The van der Waals surface area contributed by atoms with Crippen molar-refractivity contribution >= 4 is 15.4 Å². The molecule has 86 valence electrons. The lowest BCUT2D eigenvalue weighted by Crippen LogP contribution is -2.14. The summed E-state index contributed by atoms with van der Waals surface area (Å²) in [5, 5.41) is 0. The Kier molecular flexibility index (Phi) is 5.43. The number of phosphoric ester groups is 1. The van der Waals surface area contributed by atoms with Gasteiger partial charge < -0.3 is 24.3 Å². The Balaban J connectivity index is 4.42. The van der Waals surface area contributed by atoms with E-state index in [4.69, 9.17) is 19.6 Å². The minimum atomic E-state index is -4.91. The van der Waals surface area contributed by atoms with Crippen LogP contribution in [0.4, 0.5) is 0 Å². The fourth-order valence-corrected chi connectivity index (χ4v) is 2.38. The lowest BCUT2D eigenvalue weighted by atomic mass is 10.5. The van der Waals surface area contributed by atoms with E-state index in [0.29, 0.717) is 0 Å². The lowest BCUT2D eigenvalue weighted by Gasteiger charge is -2.18. The predicted octanol–water partition coefficient (Wildman–Crippen LogP) is -0.364. The summed E-state index contributed by atoms with van der Waals surface area (Å²) >= 11 is 0. The van der Waals surface area contributed by atoms with Crippen LogP contribution in [0.2, 0.25) is 0 Å². The molecule has 8 nitrogen and oxygen atoms in total. The fraction of sp³-hybridized carbons (Fsp3) is 1.00. The molecule has 0 aromatic carbocycles. The summed E-state index contributed by atoms with van der Waals surface area (Å²) < 4.78 is 29.5. The van der Waals surface area contributed by atoms with Crippen molar-refractivity contribution in [3.8, 4) is 0 Å². The number of hydrogen-bond donors (Lipinski definition) is 4. The van der Waals surface area contributed by atoms with Crippen molar-refractivity contribution < 1.29 is 38.0 Å². The molecular formula is C4H12O8P2. The average Bonchev–Trinajstić information content (AvgIpc) is 1.93. The maximum absolute atomic E-state index is 10.7. The predicted molar refractivity (Wildman–Crippen MR) is 45.5 cm³/mol. The summed E-state index contributed by atoms with van der Waals surface area (Å²) in [6.45, 7) is -0.0736. The van der Waals surface area contributed by atoms with Gasteiger partial charge in [0.25, 0.3) is 0 Å². The Morgan fingerprint density at radius 3 is 2.00 bits per heavy atom. The van der Waals surface area contributed by atoms with E-state index in [-0.39, 0.29) is 13.0 Å². The molecule has 0 amide bonds. The van der Waals surface area contributed by atoms with Crippen LogP contribution in [0.15, 0.2) is 0 Å². The summed E-state index contributed by atoms with van der Waals surface area (Å²) in [6.07, 6.45) is -0.300. The Bertz CT molecular complexity index is 252. The van der Waals surface area contributed by atoms with Crippen molar-refractivity contribution in [3.63, 3.8) is 0 Å². The molecule has 0 saturated heterocycles. The van der Waals surface area contributed by atoms with Crippen LogP contribution in [0.3, 0.4) is 0 Å². The van der Waals surface area contributed by atoms with E-state index < -0.39 is 21.3 Å². The summed E-state index contributed by atoms with van der Waals surface area (Å²) in [6, 6.07) is 0. The third kappa shape index (κ3) is 6.64. The van der Waals surface area contributed by atoms with Crippen LogP contribution in [-0.4, -0.2) is 39.1 Å². The third-order valence-electron chi connectivity index (χ3n) is 1.20. The number of rotatable bonds is 6. The van der Waals surface area contributed by atoms with Crippen LogP contribution in [0.5, 0.6) is 0 Å².